The number of rotatable bonds is 6. The first-order chi connectivity index (χ1) is 10.9. The lowest BCUT2D eigenvalue weighted by Gasteiger charge is -2.27. The van der Waals surface area contributed by atoms with Crippen molar-refractivity contribution in [2.24, 2.45) is 17.3 Å². The van der Waals surface area contributed by atoms with E-state index in [-0.39, 0.29) is 11.3 Å². The van der Waals surface area contributed by atoms with Gasteiger partial charge in [0, 0.05) is 0 Å². The molecule has 0 N–H and O–H groups in total. The molecule has 0 aliphatic carbocycles. The minimum Gasteiger partial charge on any atom is -0.453 e. The smallest absolute Gasteiger partial charge is 0.434 e. The molecule has 1 atom stereocenters. The molecule has 0 bridgehead atoms. The van der Waals surface area contributed by atoms with Crippen LogP contribution >= 0.6 is 0 Å². The van der Waals surface area contributed by atoms with E-state index in [4.69, 9.17) is 0 Å². The molecule has 0 fully saturated rings. The van der Waals surface area contributed by atoms with E-state index in [2.05, 4.69) is 9.47 Å². The van der Waals surface area contributed by atoms with Gasteiger partial charge in [-0.1, -0.05) is 34.6 Å². The molecule has 0 aromatic heterocycles. The first kappa shape index (κ1) is 23.5. The highest BCUT2D eigenvalue weighted by molar-refractivity contribution is 5.78. The second kappa shape index (κ2) is 8.27. The first-order valence-electron chi connectivity index (χ1n) is 7.44. The number of hydrogen-bond acceptors (Lipinski definition) is 4. The van der Waals surface area contributed by atoms with Crippen molar-refractivity contribution in [3.8, 4) is 0 Å². The van der Waals surface area contributed by atoms with Crippen LogP contribution in [0.2, 0.25) is 0 Å². The van der Waals surface area contributed by atoms with Gasteiger partial charge in [-0.05, 0) is 17.8 Å². The van der Waals surface area contributed by atoms with E-state index in [1.54, 1.807) is 13.8 Å². The molecular formula is C15H22F6O4. The molecule has 0 aliphatic heterocycles. The third kappa shape index (κ3) is 8.97. The van der Waals surface area contributed by atoms with Gasteiger partial charge in [0.05, 0.1) is 5.92 Å². The van der Waals surface area contributed by atoms with E-state index < -0.39 is 42.9 Å². The second-order valence-electron chi connectivity index (χ2n) is 7.18. The van der Waals surface area contributed by atoms with E-state index >= 15 is 0 Å². The van der Waals surface area contributed by atoms with E-state index in [0.29, 0.717) is 6.42 Å². The maximum absolute atomic E-state index is 12.3. The first-order valence-corrected chi connectivity index (χ1v) is 7.44. The molecular weight excluding hydrogens is 358 g/mol. The van der Waals surface area contributed by atoms with Gasteiger partial charge in [-0.2, -0.15) is 26.3 Å². The molecule has 0 saturated heterocycles. The van der Waals surface area contributed by atoms with E-state index in [0.717, 1.165) is 0 Å². The number of alkyl halides is 6. The highest BCUT2D eigenvalue weighted by Gasteiger charge is 2.59. The van der Waals surface area contributed by atoms with Gasteiger partial charge in [0.2, 0.25) is 0 Å². The van der Waals surface area contributed by atoms with Gasteiger partial charge in [-0.25, -0.2) is 4.79 Å². The summed E-state index contributed by atoms with van der Waals surface area (Å²) >= 11 is 0. The lowest BCUT2D eigenvalue weighted by molar-refractivity contribution is -0.313. The van der Waals surface area contributed by atoms with Gasteiger partial charge in [-0.15, -0.1) is 0 Å². The third-order valence-corrected chi connectivity index (χ3v) is 3.12. The van der Waals surface area contributed by atoms with Crippen molar-refractivity contribution in [1.29, 1.82) is 0 Å². The van der Waals surface area contributed by atoms with Crippen molar-refractivity contribution < 1.29 is 45.4 Å². The average molecular weight is 380 g/mol. The topological polar surface area (TPSA) is 52.6 Å². The van der Waals surface area contributed by atoms with Crippen molar-refractivity contribution in [2.75, 3.05) is 6.61 Å². The minimum atomic E-state index is -5.81. The Morgan fingerprint density at radius 1 is 0.920 bits per heavy atom. The Labute approximate surface area is 141 Å². The molecule has 0 spiro atoms. The van der Waals surface area contributed by atoms with Crippen molar-refractivity contribution >= 4 is 11.9 Å². The zero-order chi connectivity index (χ0) is 20.2. The van der Waals surface area contributed by atoms with Gasteiger partial charge in [0.15, 0.2) is 6.61 Å². The lowest BCUT2D eigenvalue weighted by Crippen LogP contribution is -2.46. The predicted octanol–water partition coefficient (Wildman–Crippen LogP) is 4.27. The summed E-state index contributed by atoms with van der Waals surface area (Å²) in [6.45, 7) is 7.64. The van der Waals surface area contributed by atoms with Crippen molar-refractivity contribution in [1.82, 2.24) is 0 Å². The quantitative estimate of drug-likeness (QED) is 0.510. The maximum atomic E-state index is 12.3. The summed E-state index contributed by atoms with van der Waals surface area (Å²) < 4.78 is 81.7. The van der Waals surface area contributed by atoms with Crippen molar-refractivity contribution in [3.63, 3.8) is 0 Å². The number of esters is 2. The zero-order valence-electron chi connectivity index (χ0n) is 14.5. The van der Waals surface area contributed by atoms with Crippen LogP contribution in [0.15, 0.2) is 0 Å². The number of hydrogen-bond donors (Lipinski definition) is 0. The largest absolute Gasteiger partial charge is 0.453 e. The maximum Gasteiger partial charge on any atom is 0.434 e. The fourth-order valence-corrected chi connectivity index (χ4v) is 1.97. The molecule has 0 aromatic carbocycles. The molecule has 1 unspecified atom stereocenters. The molecule has 0 aromatic rings. The number of ether oxygens (including phenoxy) is 2. The molecule has 0 aliphatic rings. The van der Waals surface area contributed by atoms with Crippen LogP contribution in [0.5, 0.6) is 0 Å². The summed E-state index contributed by atoms with van der Waals surface area (Å²) in [7, 11) is 0. The lowest BCUT2D eigenvalue weighted by atomic mass is 9.80. The predicted molar refractivity (Wildman–Crippen MR) is 75.3 cm³/mol. The van der Waals surface area contributed by atoms with Gasteiger partial charge < -0.3 is 9.47 Å². The second-order valence-corrected chi connectivity index (χ2v) is 7.18. The van der Waals surface area contributed by atoms with Crippen LogP contribution < -0.4 is 0 Å². The van der Waals surface area contributed by atoms with E-state index in [9.17, 15) is 35.9 Å². The summed E-state index contributed by atoms with van der Waals surface area (Å²) in [5.74, 6) is -3.65. The molecule has 0 heterocycles. The summed E-state index contributed by atoms with van der Waals surface area (Å²) in [4.78, 5) is 23.2. The third-order valence-electron chi connectivity index (χ3n) is 3.12. The summed E-state index contributed by atoms with van der Waals surface area (Å²) in [6, 6.07) is 0. The zero-order valence-corrected chi connectivity index (χ0v) is 14.5. The van der Waals surface area contributed by atoms with Gasteiger partial charge >= 0.3 is 24.3 Å². The molecule has 4 nitrogen and oxygen atoms in total. The number of carbonyl (C=O) groups excluding carboxylic acids is 2. The summed E-state index contributed by atoms with van der Waals surface area (Å²) in [5.41, 5.74) is -0.272. The average Bonchev–Trinajstić information content (AvgIpc) is 2.35. The summed E-state index contributed by atoms with van der Waals surface area (Å²) in [5, 5.41) is 0. The van der Waals surface area contributed by atoms with Crippen LogP contribution in [-0.2, 0) is 19.1 Å². The monoisotopic (exact) mass is 380 g/mol. The van der Waals surface area contributed by atoms with Gasteiger partial charge in [0.25, 0.3) is 6.10 Å². The van der Waals surface area contributed by atoms with Crippen LogP contribution in [0, 0.1) is 17.3 Å². The molecule has 25 heavy (non-hydrogen) atoms. The highest BCUT2D eigenvalue weighted by Crippen LogP contribution is 2.35. The fraction of sp³-hybridized carbons (Fsp3) is 0.867. The number of halogens is 6. The summed E-state index contributed by atoms with van der Waals surface area (Å²) in [6.07, 6.45) is -15.5. The van der Waals surface area contributed by atoms with Gasteiger partial charge in [-0.3, -0.25) is 4.79 Å². The number of carbonyl (C=O) groups is 2. The molecule has 0 amide bonds. The van der Waals surface area contributed by atoms with E-state index in [1.165, 1.54) is 0 Å². The molecule has 148 valence electrons. The Morgan fingerprint density at radius 2 is 1.36 bits per heavy atom. The van der Waals surface area contributed by atoms with Crippen LogP contribution in [0.25, 0.3) is 0 Å². The minimum absolute atomic E-state index is 0.194. The molecule has 0 radical (unpaired) electrons. The Morgan fingerprint density at radius 3 is 1.68 bits per heavy atom. The SMILES string of the molecule is CC(C)C(CC(C)(C)C)C(=O)OCC(=O)OC(C(F)(F)F)C(F)(F)F. The van der Waals surface area contributed by atoms with Crippen LogP contribution in [0.1, 0.15) is 41.0 Å². The van der Waals surface area contributed by atoms with Crippen LogP contribution in [-0.4, -0.2) is 37.0 Å². The van der Waals surface area contributed by atoms with Crippen molar-refractivity contribution in [3.05, 3.63) is 0 Å². The Bertz CT molecular complexity index is 448. The normalized spacial score (nSPS) is 14.6. The van der Waals surface area contributed by atoms with E-state index in [1.807, 2.05) is 20.8 Å². The molecule has 0 rings (SSSR count). The Balaban J connectivity index is 4.84. The van der Waals surface area contributed by atoms with Crippen LogP contribution in [0.3, 0.4) is 0 Å². The standard InChI is InChI=1S/C15H22F6O4/c1-8(2)9(6-13(3,4)5)11(23)24-7-10(22)25-12(14(16,17)18)15(19,20)21/h8-9,12H,6-7H2,1-5H3. The molecule has 10 heteroatoms. The van der Waals surface area contributed by atoms with Crippen molar-refractivity contribution in [2.45, 2.75) is 59.5 Å². The van der Waals surface area contributed by atoms with Crippen LogP contribution in [0.4, 0.5) is 26.3 Å². The van der Waals surface area contributed by atoms with Gasteiger partial charge in [0.1, 0.15) is 0 Å². The Kier molecular flexibility index (Phi) is 7.78. The molecule has 0 saturated carbocycles. The highest BCUT2D eigenvalue weighted by atomic mass is 19.4. The fourth-order valence-electron chi connectivity index (χ4n) is 1.97. The Hall–Kier alpha value is -1.48.